The van der Waals surface area contributed by atoms with Gasteiger partial charge in [-0.15, -0.1) is 5.10 Å². The number of aromatic nitrogens is 3. The van der Waals surface area contributed by atoms with E-state index in [4.69, 9.17) is 11.6 Å². The van der Waals surface area contributed by atoms with Crippen LogP contribution in [0.25, 0.3) is 0 Å². The smallest absolute Gasteiger partial charge is 0.276 e. The van der Waals surface area contributed by atoms with Gasteiger partial charge in [0.1, 0.15) is 11.6 Å². The quantitative estimate of drug-likeness (QED) is 0.612. The molecule has 1 N–H and O–H groups in total. The summed E-state index contributed by atoms with van der Waals surface area (Å²) in [6, 6.07) is 11.6. The predicted molar refractivity (Wildman–Crippen MR) is 116 cm³/mol. The van der Waals surface area contributed by atoms with Gasteiger partial charge in [-0.25, -0.2) is 9.07 Å². The second-order valence-electron chi connectivity index (χ2n) is 7.89. The second-order valence-corrected chi connectivity index (χ2v) is 8.30. The van der Waals surface area contributed by atoms with Crippen molar-refractivity contribution in [1.82, 2.24) is 19.9 Å². The lowest BCUT2D eigenvalue weighted by atomic mass is 9.95. The Hall–Kier alpha value is -2.93. The Kier molecular flexibility index (Phi) is 6.51. The van der Waals surface area contributed by atoms with Crippen LogP contribution in [0.1, 0.15) is 47.3 Å². The van der Waals surface area contributed by atoms with Crippen molar-refractivity contribution in [3.63, 3.8) is 0 Å². The van der Waals surface area contributed by atoms with Gasteiger partial charge in [0.25, 0.3) is 5.91 Å². The molecule has 1 saturated heterocycles. The molecule has 0 unspecified atom stereocenters. The maximum Gasteiger partial charge on any atom is 0.276 e. The lowest BCUT2D eigenvalue weighted by molar-refractivity contribution is 0.0595. The summed E-state index contributed by atoms with van der Waals surface area (Å²) in [5.41, 5.74) is 2.05. The Labute approximate surface area is 185 Å². The van der Waals surface area contributed by atoms with E-state index in [0.717, 1.165) is 37.7 Å². The fourth-order valence-corrected chi connectivity index (χ4v) is 4.29. The number of piperidine rings is 1. The van der Waals surface area contributed by atoms with Crippen molar-refractivity contribution < 1.29 is 14.3 Å². The van der Waals surface area contributed by atoms with Crippen molar-refractivity contribution in [3.8, 4) is 5.75 Å². The second kappa shape index (κ2) is 9.47. The Morgan fingerprint density at radius 2 is 2.10 bits per heavy atom. The predicted octanol–water partition coefficient (Wildman–Crippen LogP) is 4.45. The van der Waals surface area contributed by atoms with Gasteiger partial charge in [0.2, 0.25) is 0 Å². The van der Waals surface area contributed by atoms with Crippen molar-refractivity contribution in [2.75, 3.05) is 6.54 Å². The molecule has 8 heteroatoms. The fraction of sp³-hybridized carbons (Fsp3) is 0.348. The van der Waals surface area contributed by atoms with Crippen LogP contribution in [0.5, 0.6) is 5.75 Å². The molecule has 1 fully saturated rings. The van der Waals surface area contributed by atoms with Crippen molar-refractivity contribution in [3.05, 3.63) is 76.3 Å². The molecule has 1 aliphatic rings. The number of halogens is 2. The van der Waals surface area contributed by atoms with Gasteiger partial charge in [-0.2, -0.15) is 0 Å². The number of hydrogen-bond donors (Lipinski definition) is 1. The van der Waals surface area contributed by atoms with Crippen LogP contribution in [-0.2, 0) is 13.0 Å². The third-order valence-corrected chi connectivity index (χ3v) is 6.02. The van der Waals surface area contributed by atoms with E-state index in [9.17, 15) is 14.3 Å². The molecule has 1 atom stereocenters. The largest absolute Gasteiger partial charge is 0.508 e. The van der Waals surface area contributed by atoms with Crippen molar-refractivity contribution in [2.24, 2.45) is 0 Å². The van der Waals surface area contributed by atoms with Crippen LogP contribution in [0.2, 0.25) is 5.02 Å². The molecular formula is C23H24ClFN4O2. The summed E-state index contributed by atoms with van der Waals surface area (Å²) < 4.78 is 14.8. The standard InChI is InChI=1S/C23H24ClFN4O2/c24-21-13-18(25)9-8-17(21)14-28-15-22(26-27-28)23(31)29-11-2-1-5-19(29)10-7-16-4-3-6-20(30)12-16/h3-4,6,8-9,12-13,15,19,30H,1-2,5,7,10-11,14H2/t19-/m1/s1. The maximum absolute atomic E-state index is 13.2. The minimum Gasteiger partial charge on any atom is -0.508 e. The molecule has 0 spiro atoms. The molecule has 31 heavy (non-hydrogen) atoms. The number of likely N-dealkylation sites (tertiary alicyclic amines) is 1. The number of hydrogen-bond acceptors (Lipinski definition) is 4. The number of carbonyl (C=O) groups is 1. The molecule has 2 heterocycles. The van der Waals surface area contributed by atoms with Crippen molar-refractivity contribution >= 4 is 17.5 Å². The molecule has 3 aromatic rings. The molecule has 0 saturated carbocycles. The normalized spacial score (nSPS) is 16.5. The van der Waals surface area contributed by atoms with E-state index in [-0.39, 0.29) is 17.7 Å². The zero-order valence-electron chi connectivity index (χ0n) is 17.0. The highest BCUT2D eigenvalue weighted by atomic mass is 35.5. The van der Waals surface area contributed by atoms with Crippen LogP contribution in [0.4, 0.5) is 4.39 Å². The van der Waals surface area contributed by atoms with Crippen LogP contribution in [0, 0.1) is 5.82 Å². The van der Waals surface area contributed by atoms with Crippen LogP contribution in [-0.4, -0.2) is 43.5 Å². The van der Waals surface area contributed by atoms with Gasteiger partial charge in [-0.3, -0.25) is 4.79 Å². The zero-order chi connectivity index (χ0) is 21.8. The molecule has 2 aromatic carbocycles. The summed E-state index contributed by atoms with van der Waals surface area (Å²) in [4.78, 5) is 15.0. The lowest BCUT2D eigenvalue weighted by Gasteiger charge is -2.35. The van der Waals surface area contributed by atoms with E-state index in [1.54, 1.807) is 24.4 Å². The van der Waals surface area contributed by atoms with Gasteiger partial charge >= 0.3 is 0 Å². The minimum atomic E-state index is -0.398. The topological polar surface area (TPSA) is 71.2 Å². The van der Waals surface area contributed by atoms with E-state index >= 15 is 0 Å². The lowest BCUT2D eigenvalue weighted by Crippen LogP contribution is -2.44. The molecule has 0 aliphatic carbocycles. The number of phenolic OH excluding ortho intramolecular Hbond substituents is 1. The molecule has 0 radical (unpaired) electrons. The van der Waals surface area contributed by atoms with E-state index in [2.05, 4.69) is 10.3 Å². The van der Waals surface area contributed by atoms with Gasteiger partial charge in [0.15, 0.2) is 5.69 Å². The van der Waals surface area contributed by atoms with E-state index in [1.807, 2.05) is 17.0 Å². The van der Waals surface area contributed by atoms with Crippen LogP contribution in [0.3, 0.4) is 0 Å². The number of carbonyl (C=O) groups excluding carboxylic acids is 1. The van der Waals surface area contributed by atoms with Crippen molar-refractivity contribution in [1.29, 1.82) is 0 Å². The van der Waals surface area contributed by atoms with Gasteiger partial charge in [0, 0.05) is 17.6 Å². The first-order valence-corrected chi connectivity index (χ1v) is 10.8. The number of rotatable bonds is 6. The number of nitrogens with zero attached hydrogens (tertiary/aromatic N) is 4. The SMILES string of the molecule is O=C(c1cn(Cc2ccc(F)cc2Cl)nn1)N1CCCC[C@@H]1CCc1cccc(O)c1. The number of aryl methyl sites for hydroxylation is 1. The van der Waals surface area contributed by atoms with E-state index < -0.39 is 5.82 Å². The summed E-state index contributed by atoms with van der Waals surface area (Å²) in [6.45, 7) is 1.00. The van der Waals surface area contributed by atoms with Gasteiger partial charge in [-0.1, -0.05) is 35.0 Å². The molecule has 1 amide bonds. The average molecular weight is 443 g/mol. The molecule has 1 aromatic heterocycles. The Morgan fingerprint density at radius 1 is 1.23 bits per heavy atom. The first-order chi connectivity index (χ1) is 15.0. The Balaban J connectivity index is 1.43. The highest BCUT2D eigenvalue weighted by Gasteiger charge is 2.29. The fourth-order valence-electron chi connectivity index (χ4n) is 4.06. The molecular weight excluding hydrogens is 419 g/mol. The molecule has 1 aliphatic heterocycles. The Morgan fingerprint density at radius 3 is 2.90 bits per heavy atom. The summed E-state index contributed by atoms with van der Waals surface area (Å²) in [5, 5.41) is 18.1. The summed E-state index contributed by atoms with van der Waals surface area (Å²) >= 11 is 6.09. The summed E-state index contributed by atoms with van der Waals surface area (Å²) in [5.74, 6) is -0.269. The third-order valence-electron chi connectivity index (χ3n) is 5.67. The van der Waals surface area contributed by atoms with Gasteiger partial charge in [0.05, 0.1) is 12.7 Å². The number of phenols is 1. The molecule has 6 nitrogen and oxygen atoms in total. The number of benzene rings is 2. The first-order valence-electron chi connectivity index (χ1n) is 10.4. The number of aromatic hydroxyl groups is 1. The molecule has 162 valence electrons. The maximum atomic E-state index is 13.2. The van der Waals surface area contributed by atoms with E-state index in [1.165, 1.54) is 16.8 Å². The minimum absolute atomic E-state index is 0.125. The molecule has 4 rings (SSSR count). The van der Waals surface area contributed by atoms with Gasteiger partial charge < -0.3 is 10.0 Å². The average Bonchev–Trinajstić information content (AvgIpc) is 3.23. The zero-order valence-corrected chi connectivity index (χ0v) is 17.8. The highest BCUT2D eigenvalue weighted by molar-refractivity contribution is 6.31. The molecule has 0 bridgehead atoms. The van der Waals surface area contributed by atoms with Gasteiger partial charge in [-0.05, 0) is 67.5 Å². The van der Waals surface area contributed by atoms with E-state index in [0.29, 0.717) is 29.4 Å². The van der Waals surface area contributed by atoms with Crippen molar-refractivity contribution in [2.45, 2.75) is 44.7 Å². The third kappa shape index (κ3) is 5.22. The highest BCUT2D eigenvalue weighted by Crippen LogP contribution is 2.24. The number of amides is 1. The summed E-state index contributed by atoms with van der Waals surface area (Å²) in [7, 11) is 0. The first kappa shape index (κ1) is 21.3. The Bertz CT molecular complexity index is 1070. The van der Waals surface area contributed by atoms with Crippen LogP contribution in [0.15, 0.2) is 48.7 Å². The van der Waals surface area contributed by atoms with Crippen LogP contribution < -0.4 is 0 Å². The monoisotopic (exact) mass is 442 g/mol. The summed E-state index contributed by atoms with van der Waals surface area (Å²) in [6.07, 6.45) is 6.23. The van der Waals surface area contributed by atoms with Crippen LogP contribution >= 0.6 is 11.6 Å².